The molecule has 0 aliphatic heterocycles. The predicted molar refractivity (Wildman–Crippen MR) is 74.0 cm³/mol. The molecule has 1 N–H and O–H groups in total. The van der Waals surface area contributed by atoms with Crippen molar-refractivity contribution >= 4 is 17.8 Å². The molecule has 6 heteroatoms. The van der Waals surface area contributed by atoms with Gasteiger partial charge in [-0.25, -0.2) is 0 Å². The number of carbonyl (C=O) groups is 3. The predicted octanol–water partition coefficient (Wildman–Crippen LogP) is 0.814. The minimum atomic E-state index is -0.906. The summed E-state index contributed by atoms with van der Waals surface area (Å²) in [4.78, 5) is 38.4. The molecule has 2 atom stereocenters. The molecule has 1 fully saturated rings. The van der Waals surface area contributed by atoms with Crippen molar-refractivity contribution in [3.63, 3.8) is 0 Å². The molecule has 1 aliphatic carbocycles. The molecule has 0 aromatic carbocycles. The largest absolute Gasteiger partial charge is 0.481 e. The van der Waals surface area contributed by atoms with Gasteiger partial charge in [0, 0.05) is 20.6 Å². The van der Waals surface area contributed by atoms with Gasteiger partial charge in [0.05, 0.1) is 18.4 Å². The maximum atomic E-state index is 12.5. The van der Waals surface area contributed by atoms with Crippen LogP contribution in [0.4, 0.5) is 0 Å². The third-order valence-electron chi connectivity index (χ3n) is 3.78. The highest BCUT2D eigenvalue weighted by Gasteiger charge is 2.39. The lowest BCUT2D eigenvalue weighted by molar-refractivity contribution is -0.150. The first-order valence-electron chi connectivity index (χ1n) is 7.10. The van der Waals surface area contributed by atoms with E-state index in [2.05, 4.69) is 0 Å². The summed E-state index contributed by atoms with van der Waals surface area (Å²) in [6, 6.07) is 0. The van der Waals surface area contributed by atoms with Gasteiger partial charge in [0.1, 0.15) is 0 Å². The second kappa shape index (κ2) is 7.26. The summed E-state index contributed by atoms with van der Waals surface area (Å²) >= 11 is 0. The van der Waals surface area contributed by atoms with E-state index in [1.54, 1.807) is 14.1 Å². The fourth-order valence-electron chi connectivity index (χ4n) is 2.63. The Morgan fingerprint density at radius 3 is 2.25 bits per heavy atom. The number of nitrogens with zero attached hydrogens (tertiary/aromatic N) is 2. The standard InChI is InChI=1S/C14H24N2O4/c1-4-8-16(9-12(17)15(2)3)13(18)10-6-5-7-11(10)14(19)20/h10-11H,4-9H2,1-3H3,(H,19,20). The van der Waals surface area contributed by atoms with Crippen molar-refractivity contribution in [3.8, 4) is 0 Å². The fraction of sp³-hybridized carbons (Fsp3) is 0.786. The highest BCUT2D eigenvalue weighted by molar-refractivity contribution is 5.88. The van der Waals surface area contributed by atoms with Crippen LogP contribution in [0.3, 0.4) is 0 Å². The van der Waals surface area contributed by atoms with Crippen molar-refractivity contribution < 1.29 is 19.5 Å². The molecular weight excluding hydrogens is 260 g/mol. The SMILES string of the molecule is CCCN(CC(=O)N(C)C)C(=O)C1CCCC1C(=O)O. The molecule has 114 valence electrons. The summed E-state index contributed by atoms with van der Waals surface area (Å²) in [5.41, 5.74) is 0. The molecular formula is C14H24N2O4. The van der Waals surface area contributed by atoms with E-state index in [4.69, 9.17) is 5.11 Å². The van der Waals surface area contributed by atoms with Gasteiger partial charge in [-0.1, -0.05) is 13.3 Å². The molecule has 0 aromatic heterocycles. The monoisotopic (exact) mass is 284 g/mol. The zero-order valence-corrected chi connectivity index (χ0v) is 12.5. The zero-order valence-electron chi connectivity index (χ0n) is 12.5. The van der Waals surface area contributed by atoms with Crippen molar-refractivity contribution in [2.24, 2.45) is 11.8 Å². The molecule has 0 spiro atoms. The van der Waals surface area contributed by atoms with Crippen LogP contribution in [0.2, 0.25) is 0 Å². The Morgan fingerprint density at radius 2 is 1.75 bits per heavy atom. The first kappa shape index (κ1) is 16.5. The van der Waals surface area contributed by atoms with Gasteiger partial charge < -0.3 is 14.9 Å². The lowest BCUT2D eigenvalue weighted by Crippen LogP contribution is -2.44. The van der Waals surface area contributed by atoms with Crippen molar-refractivity contribution in [2.75, 3.05) is 27.2 Å². The van der Waals surface area contributed by atoms with E-state index >= 15 is 0 Å². The quantitative estimate of drug-likeness (QED) is 0.783. The lowest BCUT2D eigenvalue weighted by Gasteiger charge is -2.27. The van der Waals surface area contributed by atoms with Gasteiger partial charge >= 0.3 is 5.97 Å². The van der Waals surface area contributed by atoms with Crippen LogP contribution in [-0.4, -0.2) is 59.9 Å². The van der Waals surface area contributed by atoms with Gasteiger partial charge in [0.15, 0.2) is 0 Å². The fourth-order valence-corrected chi connectivity index (χ4v) is 2.63. The van der Waals surface area contributed by atoms with Gasteiger partial charge in [-0.15, -0.1) is 0 Å². The highest BCUT2D eigenvalue weighted by Crippen LogP contribution is 2.33. The molecule has 0 aromatic rings. The van der Waals surface area contributed by atoms with E-state index in [1.165, 1.54) is 9.80 Å². The van der Waals surface area contributed by atoms with E-state index in [9.17, 15) is 14.4 Å². The number of hydrogen-bond donors (Lipinski definition) is 1. The molecule has 2 amide bonds. The Labute approximate surface area is 119 Å². The van der Waals surface area contributed by atoms with Crippen LogP contribution in [0, 0.1) is 11.8 Å². The smallest absolute Gasteiger partial charge is 0.307 e. The van der Waals surface area contributed by atoms with E-state index in [0.29, 0.717) is 19.4 Å². The average Bonchev–Trinajstić information content (AvgIpc) is 2.86. The Balaban J connectivity index is 2.77. The number of rotatable bonds is 6. The van der Waals surface area contributed by atoms with Crippen LogP contribution in [0.5, 0.6) is 0 Å². The van der Waals surface area contributed by atoms with Crippen LogP contribution >= 0.6 is 0 Å². The van der Waals surface area contributed by atoms with E-state index in [1.807, 2.05) is 6.92 Å². The summed E-state index contributed by atoms with van der Waals surface area (Å²) in [7, 11) is 3.29. The van der Waals surface area contributed by atoms with Gasteiger partial charge in [0.25, 0.3) is 0 Å². The summed E-state index contributed by atoms with van der Waals surface area (Å²) in [6.45, 7) is 2.45. The van der Waals surface area contributed by atoms with Crippen molar-refractivity contribution in [1.82, 2.24) is 9.80 Å². The Hall–Kier alpha value is -1.59. The number of amides is 2. The van der Waals surface area contributed by atoms with Gasteiger partial charge in [-0.3, -0.25) is 14.4 Å². The molecule has 0 radical (unpaired) electrons. The second-order valence-electron chi connectivity index (χ2n) is 5.53. The van der Waals surface area contributed by atoms with Crippen molar-refractivity contribution in [1.29, 1.82) is 0 Å². The number of carboxylic acids is 1. The summed E-state index contributed by atoms with van der Waals surface area (Å²) < 4.78 is 0. The van der Waals surface area contributed by atoms with Crippen LogP contribution in [0.25, 0.3) is 0 Å². The highest BCUT2D eigenvalue weighted by atomic mass is 16.4. The molecule has 0 saturated heterocycles. The topological polar surface area (TPSA) is 77.9 Å². The van der Waals surface area contributed by atoms with Crippen molar-refractivity contribution in [2.45, 2.75) is 32.6 Å². The third kappa shape index (κ3) is 3.95. The second-order valence-corrected chi connectivity index (χ2v) is 5.53. The Bertz CT molecular complexity index is 381. The molecule has 6 nitrogen and oxygen atoms in total. The van der Waals surface area contributed by atoms with E-state index < -0.39 is 17.8 Å². The summed E-state index contributed by atoms with van der Waals surface area (Å²) in [6.07, 6.45) is 2.66. The van der Waals surface area contributed by atoms with Crippen LogP contribution in [0.1, 0.15) is 32.6 Å². The first-order valence-corrected chi connectivity index (χ1v) is 7.10. The van der Waals surface area contributed by atoms with Crippen LogP contribution in [0.15, 0.2) is 0 Å². The lowest BCUT2D eigenvalue weighted by atomic mass is 9.94. The van der Waals surface area contributed by atoms with E-state index in [0.717, 1.165) is 12.8 Å². The van der Waals surface area contributed by atoms with Crippen LogP contribution < -0.4 is 0 Å². The molecule has 1 aliphatic rings. The number of carbonyl (C=O) groups excluding carboxylic acids is 2. The van der Waals surface area contributed by atoms with E-state index in [-0.39, 0.29) is 18.4 Å². The van der Waals surface area contributed by atoms with Gasteiger partial charge in [-0.05, 0) is 19.3 Å². The maximum Gasteiger partial charge on any atom is 0.307 e. The molecule has 1 saturated carbocycles. The minimum Gasteiger partial charge on any atom is -0.481 e. The summed E-state index contributed by atoms with van der Waals surface area (Å²) in [5.74, 6) is -2.31. The van der Waals surface area contributed by atoms with Gasteiger partial charge in [-0.2, -0.15) is 0 Å². The number of aliphatic carboxylic acids is 1. The van der Waals surface area contributed by atoms with Gasteiger partial charge in [0.2, 0.25) is 11.8 Å². The molecule has 0 heterocycles. The minimum absolute atomic E-state index is 0.0303. The van der Waals surface area contributed by atoms with Crippen molar-refractivity contribution in [3.05, 3.63) is 0 Å². The Morgan fingerprint density at radius 1 is 1.15 bits per heavy atom. The molecule has 0 bridgehead atoms. The normalized spacial score (nSPS) is 21.6. The molecule has 20 heavy (non-hydrogen) atoms. The molecule has 1 rings (SSSR count). The Kier molecular flexibility index (Phi) is 5.98. The number of likely N-dealkylation sites (N-methyl/N-ethyl adjacent to an activating group) is 1. The zero-order chi connectivity index (χ0) is 15.3. The molecule has 2 unspecified atom stereocenters. The number of carboxylic acid groups (broad SMARTS) is 1. The first-order chi connectivity index (χ1) is 9.38. The summed E-state index contributed by atoms with van der Waals surface area (Å²) in [5, 5.41) is 9.17. The average molecular weight is 284 g/mol. The van der Waals surface area contributed by atoms with Crippen LogP contribution in [-0.2, 0) is 14.4 Å². The maximum absolute atomic E-state index is 12.5. The third-order valence-corrected chi connectivity index (χ3v) is 3.78. The number of hydrogen-bond acceptors (Lipinski definition) is 3.